The molecule has 3 N–H and O–H groups in total. The van der Waals surface area contributed by atoms with Gasteiger partial charge in [0, 0.05) is 13.1 Å². The quantitative estimate of drug-likeness (QED) is 0.489. The van der Waals surface area contributed by atoms with E-state index in [4.69, 9.17) is 14.7 Å². The predicted octanol–water partition coefficient (Wildman–Crippen LogP) is 2.52. The molecule has 7 heteroatoms. The lowest BCUT2D eigenvalue weighted by atomic mass is 9.93. The first-order valence-corrected chi connectivity index (χ1v) is 9.59. The molecule has 2 aromatic rings. The summed E-state index contributed by atoms with van der Waals surface area (Å²) in [5, 5.41) is 19.0. The van der Waals surface area contributed by atoms with Gasteiger partial charge in [0.15, 0.2) is 11.5 Å². The fourth-order valence-corrected chi connectivity index (χ4v) is 3.77. The first-order valence-electron chi connectivity index (χ1n) is 9.59. The number of carbonyl (C=O) groups excluding carboxylic acids is 1. The van der Waals surface area contributed by atoms with Gasteiger partial charge in [-0.3, -0.25) is 14.9 Å². The molecule has 0 radical (unpaired) electrons. The lowest BCUT2D eigenvalue weighted by Gasteiger charge is -2.30. The molecular formula is C22H28N2O5. The summed E-state index contributed by atoms with van der Waals surface area (Å²) >= 11 is 0. The Morgan fingerprint density at radius 3 is 2.48 bits per heavy atom. The van der Waals surface area contributed by atoms with Crippen LogP contribution in [0.3, 0.4) is 0 Å². The third-order valence-corrected chi connectivity index (χ3v) is 5.73. The van der Waals surface area contributed by atoms with E-state index in [1.54, 1.807) is 5.48 Å². The van der Waals surface area contributed by atoms with Crippen LogP contribution >= 0.6 is 0 Å². The highest BCUT2D eigenvalue weighted by molar-refractivity contribution is 5.80. The largest absolute Gasteiger partial charge is 0.454 e. The first kappa shape index (κ1) is 21.1. The molecule has 0 bridgehead atoms. The molecule has 1 aliphatic rings. The van der Waals surface area contributed by atoms with Crippen molar-refractivity contribution in [3.8, 4) is 11.5 Å². The molecular weight excluding hydrogens is 372 g/mol. The van der Waals surface area contributed by atoms with Crippen LogP contribution in [0.25, 0.3) is 0 Å². The molecule has 0 fully saturated rings. The number of fused-ring (bicyclic) bond motifs is 1. The summed E-state index contributed by atoms with van der Waals surface area (Å²) in [4.78, 5) is 14.1. The molecule has 0 aliphatic carbocycles. The lowest BCUT2D eigenvalue weighted by Crippen LogP contribution is -2.47. The van der Waals surface area contributed by atoms with Crippen LogP contribution < -0.4 is 15.0 Å². The standard InChI is InChI=1S/C22H28N2O5/c1-13-7-14(2)18(16(4)15(13)3)10-24(19(11-25)22(26)23-27)9-17-5-6-20-21(8-17)29-12-28-20/h5-8,19,25,27H,9-12H2,1-4H3,(H,23,26)/t19-/m1/s1. The number of rotatable bonds is 7. The summed E-state index contributed by atoms with van der Waals surface area (Å²) in [7, 11) is 0. The number of amides is 1. The van der Waals surface area contributed by atoms with Crippen molar-refractivity contribution in [2.45, 2.75) is 46.8 Å². The fourth-order valence-electron chi connectivity index (χ4n) is 3.77. The molecule has 1 aliphatic heterocycles. The van der Waals surface area contributed by atoms with E-state index in [2.05, 4.69) is 26.8 Å². The molecule has 29 heavy (non-hydrogen) atoms. The van der Waals surface area contributed by atoms with Gasteiger partial charge < -0.3 is 14.6 Å². The normalized spacial score (nSPS) is 13.6. The number of nitrogens with zero attached hydrogens (tertiary/aromatic N) is 1. The zero-order valence-electron chi connectivity index (χ0n) is 17.3. The van der Waals surface area contributed by atoms with Crippen LogP contribution in [0.1, 0.15) is 33.4 Å². The van der Waals surface area contributed by atoms with E-state index in [0.29, 0.717) is 24.6 Å². The van der Waals surface area contributed by atoms with Crippen LogP contribution in [0.4, 0.5) is 0 Å². The van der Waals surface area contributed by atoms with Crippen LogP contribution in [-0.2, 0) is 17.9 Å². The zero-order chi connectivity index (χ0) is 21.1. The van der Waals surface area contributed by atoms with Gasteiger partial charge in [-0.15, -0.1) is 0 Å². The van der Waals surface area contributed by atoms with Crippen molar-refractivity contribution >= 4 is 5.91 Å². The first-order chi connectivity index (χ1) is 13.8. The zero-order valence-corrected chi connectivity index (χ0v) is 17.3. The molecule has 0 unspecified atom stereocenters. The average molecular weight is 400 g/mol. The Bertz CT molecular complexity index is 913. The molecule has 0 aromatic heterocycles. The van der Waals surface area contributed by atoms with Crippen LogP contribution in [-0.4, -0.2) is 40.6 Å². The highest BCUT2D eigenvalue weighted by Crippen LogP contribution is 2.33. The van der Waals surface area contributed by atoms with Gasteiger partial charge in [-0.2, -0.15) is 0 Å². The monoisotopic (exact) mass is 400 g/mol. The van der Waals surface area contributed by atoms with E-state index < -0.39 is 18.6 Å². The fraction of sp³-hybridized carbons (Fsp3) is 0.409. The van der Waals surface area contributed by atoms with Crippen molar-refractivity contribution in [1.82, 2.24) is 10.4 Å². The summed E-state index contributed by atoms with van der Waals surface area (Å²) in [5.41, 5.74) is 8.42. The minimum absolute atomic E-state index is 0.190. The van der Waals surface area contributed by atoms with Crippen LogP contribution in [0.2, 0.25) is 0 Å². The number of aliphatic hydroxyl groups excluding tert-OH is 1. The third kappa shape index (κ3) is 4.37. The number of hydroxylamine groups is 1. The van der Waals surface area contributed by atoms with Gasteiger partial charge in [0.25, 0.3) is 5.91 Å². The Morgan fingerprint density at radius 1 is 1.07 bits per heavy atom. The van der Waals surface area contributed by atoms with Gasteiger partial charge >= 0.3 is 0 Å². The molecule has 1 atom stereocenters. The van der Waals surface area contributed by atoms with Crippen LogP contribution in [0.5, 0.6) is 11.5 Å². The smallest absolute Gasteiger partial charge is 0.263 e. The third-order valence-electron chi connectivity index (χ3n) is 5.73. The number of ether oxygens (including phenoxy) is 2. The van der Waals surface area contributed by atoms with Gasteiger partial charge in [-0.05, 0) is 73.2 Å². The Hall–Kier alpha value is -2.61. The topological polar surface area (TPSA) is 91.3 Å². The van der Waals surface area contributed by atoms with Crippen molar-refractivity contribution in [2.75, 3.05) is 13.4 Å². The van der Waals surface area contributed by atoms with E-state index in [0.717, 1.165) is 16.7 Å². The Kier molecular flexibility index (Phi) is 6.42. The van der Waals surface area contributed by atoms with Crippen molar-refractivity contribution < 1.29 is 24.6 Å². The second kappa shape index (κ2) is 8.82. The van der Waals surface area contributed by atoms with Crippen molar-refractivity contribution in [3.63, 3.8) is 0 Å². The van der Waals surface area contributed by atoms with Gasteiger partial charge in [0.05, 0.1) is 6.61 Å². The van der Waals surface area contributed by atoms with Crippen molar-refractivity contribution in [1.29, 1.82) is 0 Å². The summed E-state index contributed by atoms with van der Waals surface area (Å²) in [6, 6.07) is 6.86. The minimum atomic E-state index is -0.897. The van der Waals surface area contributed by atoms with Gasteiger partial charge in [-0.25, -0.2) is 5.48 Å². The number of aryl methyl sites for hydroxylation is 2. The van der Waals surface area contributed by atoms with Crippen LogP contribution in [0.15, 0.2) is 24.3 Å². The predicted molar refractivity (Wildman–Crippen MR) is 108 cm³/mol. The number of carbonyl (C=O) groups is 1. The molecule has 156 valence electrons. The molecule has 2 aromatic carbocycles. The minimum Gasteiger partial charge on any atom is -0.454 e. The number of hydrogen-bond acceptors (Lipinski definition) is 6. The Morgan fingerprint density at radius 2 is 1.79 bits per heavy atom. The SMILES string of the molecule is Cc1cc(C)c(CN(Cc2ccc3c(c2)OCO3)[C@H](CO)C(=O)NO)c(C)c1C. The van der Waals surface area contributed by atoms with Gasteiger partial charge in [0.2, 0.25) is 6.79 Å². The van der Waals surface area contributed by atoms with E-state index in [1.165, 1.54) is 16.7 Å². The number of aliphatic hydroxyl groups is 1. The number of hydrogen-bond donors (Lipinski definition) is 3. The number of nitrogens with one attached hydrogen (secondary N) is 1. The van der Waals surface area contributed by atoms with Crippen LogP contribution in [0, 0.1) is 27.7 Å². The summed E-state index contributed by atoms with van der Waals surface area (Å²) in [5.74, 6) is 0.702. The highest BCUT2D eigenvalue weighted by atomic mass is 16.7. The maximum Gasteiger partial charge on any atom is 0.263 e. The molecule has 0 saturated carbocycles. The van der Waals surface area contributed by atoms with Crippen molar-refractivity contribution in [3.05, 3.63) is 57.6 Å². The molecule has 0 saturated heterocycles. The molecule has 1 amide bonds. The van der Waals surface area contributed by atoms with Gasteiger partial charge in [0.1, 0.15) is 6.04 Å². The summed E-state index contributed by atoms with van der Waals surface area (Å²) in [6.07, 6.45) is 0. The summed E-state index contributed by atoms with van der Waals surface area (Å²) in [6.45, 7) is 8.90. The van der Waals surface area contributed by atoms with E-state index >= 15 is 0 Å². The molecule has 1 heterocycles. The van der Waals surface area contributed by atoms with Gasteiger partial charge in [-0.1, -0.05) is 12.1 Å². The van der Waals surface area contributed by atoms with E-state index in [9.17, 15) is 9.90 Å². The summed E-state index contributed by atoms with van der Waals surface area (Å²) < 4.78 is 10.8. The second-order valence-electron chi connectivity index (χ2n) is 7.51. The highest BCUT2D eigenvalue weighted by Gasteiger charge is 2.27. The number of benzene rings is 2. The molecule has 3 rings (SSSR count). The second-order valence-corrected chi connectivity index (χ2v) is 7.51. The Balaban J connectivity index is 1.95. The van der Waals surface area contributed by atoms with Crippen molar-refractivity contribution in [2.24, 2.45) is 0 Å². The maximum absolute atomic E-state index is 12.2. The van der Waals surface area contributed by atoms with E-state index in [-0.39, 0.29) is 6.79 Å². The maximum atomic E-state index is 12.2. The molecule has 7 nitrogen and oxygen atoms in total. The van der Waals surface area contributed by atoms with E-state index in [1.807, 2.05) is 30.0 Å². The Labute approximate surface area is 170 Å². The molecule has 0 spiro atoms. The average Bonchev–Trinajstić information content (AvgIpc) is 3.17. The lowest BCUT2D eigenvalue weighted by molar-refractivity contribution is -0.137.